The zero-order valence-corrected chi connectivity index (χ0v) is 9.99. The van der Waals surface area contributed by atoms with Crippen LogP contribution in [0.2, 0.25) is 5.02 Å². The molecule has 0 amide bonds. The number of halogens is 2. The first-order chi connectivity index (χ1) is 7.63. The molecule has 0 aliphatic heterocycles. The molecule has 16 heavy (non-hydrogen) atoms. The van der Waals surface area contributed by atoms with Gasteiger partial charge in [0.15, 0.2) is 5.13 Å². The molecular weight excluding hydrogens is 249 g/mol. The SMILES string of the molecule is Cc1nc(NN)sc1-c1c(F)cccc1Cl. The lowest BCUT2D eigenvalue weighted by atomic mass is 10.1. The Morgan fingerprint density at radius 3 is 2.81 bits per heavy atom. The number of hydrogen-bond acceptors (Lipinski definition) is 4. The number of nitrogens with two attached hydrogens (primary N) is 1. The van der Waals surface area contributed by atoms with Crippen molar-refractivity contribution in [3.05, 3.63) is 34.7 Å². The third kappa shape index (κ3) is 1.89. The maximum Gasteiger partial charge on any atom is 0.197 e. The molecule has 0 saturated carbocycles. The van der Waals surface area contributed by atoms with Crippen LogP contribution in [0.4, 0.5) is 9.52 Å². The van der Waals surface area contributed by atoms with E-state index in [9.17, 15) is 4.39 Å². The van der Waals surface area contributed by atoms with Crippen LogP contribution in [0.3, 0.4) is 0 Å². The van der Waals surface area contributed by atoms with Gasteiger partial charge in [-0.15, -0.1) is 0 Å². The van der Waals surface area contributed by atoms with Crippen LogP contribution in [-0.4, -0.2) is 4.98 Å². The minimum atomic E-state index is -0.358. The standard InChI is InChI=1S/C10H9ClFN3S/c1-5-9(16-10(14-5)15-13)8-6(11)3-2-4-7(8)12/h2-4H,13H2,1H3,(H,14,15). The molecule has 2 rings (SSSR count). The first-order valence-corrected chi connectivity index (χ1v) is 5.71. The Hall–Kier alpha value is -1.17. The van der Waals surface area contributed by atoms with E-state index in [2.05, 4.69) is 10.4 Å². The summed E-state index contributed by atoms with van der Waals surface area (Å²) in [6.07, 6.45) is 0. The molecule has 2 aromatic rings. The highest BCUT2D eigenvalue weighted by atomic mass is 35.5. The van der Waals surface area contributed by atoms with Gasteiger partial charge in [-0.05, 0) is 19.1 Å². The maximum atomic E-state index is 13.7. The molecular formula is C10H9ClFN3S. The number of hydrogen-bond donors (Lipinski definition) is 2. The number of hydrazine groups is 1. The van der Waals surface area contributed by atoms with Crippen molar-refractivity contribution in [2.45, 2.75) is 6.92 Å². The second kappa shape index (κ2) is 4.37. The fourth-order valence-electron chi connectivity index (χ4n) is 1.40. The summed E-state index contributed by atoms with van der Waals surface area (Å²) in [4.78, 5) is 4.84. The van der Waals surface area contributed by atoms with Gasteiger partial charge < -0.3 is 0 Å². The summed E-state index contributed by atoms with van der Waals surface area (Å²) in [7, 11) is 0. The van der Waals surface area contributed by atoms with Gasteiger partial charge >= 0.3 is 0 Å². The number of benzene rings is 1. The predicted molar refractivity (Wildman–Crippen MR) is 65.1 cm³/mol. The molecule has 1 heterocycles. The summed E-state index contributed by atoms with van der Waals surface area (Å²) in [6.45, 7) is 1.79. The fourth-order valence-corrected chi connectivity index (χ4v) is 2.66. The van der Waals surface area contributed by atoms with Gasteiger partial charge in [0.05, 0.1) is 15.6 Å². The van der Waals surface area contributed by atoms with Gasteiger partial charge in [0, 0.05) is 5.56 Å². The minimum absolute atomic E-state index is 0.358. The average molecular weight is 258 g/mol. The van der Waals surface area contributed by atoms with Crippen molar-refractivity contribution in [2.75, 3.05) is 5.43 Å². The van der Waals surface area contributed by atoms with Crippen molar-refractivity contribution in [3.8, 4) is 10.4 Å². The van der Waals surface area contributed by atoms with Gasteiger partial charge in [0.1, 0.15) is 5.82 Å². The zero-order chi connectivity index (χ0) is 11.7. The van der Waals surface area contributed by atoms with E-state index in [1.807, 2.05) is 0 Å². The second-order valence-electron chi connectivity index (χ2n) is 3.17. The van der Waals surface area contributed by atoms with E-state index in [4.69, 9.17) is 17.4 Å². The van der Waals surface area contributed by atoms with Crippen LogP contribution in [0.5, 0.6) is 0 Å². The molecule has 0 spiro atoms. The van der Waals surface area contributed by atoms with Crippen LogP contribution in [0.25, 0.3) is 10.4 Å². The summed E-state index contributed by atoms with van der Waals surface area (Å²) >= 11 is 7.24. The summed E-state index contributed by atoms with van der Waals surface area (Å²) in [5.74, 6) is 4.90. The lowest BCUT2D eigenvalue weighted by molar-refractivity contribution is 0.631. The van der Waals surface area contributed by atoms with Crippen molar-refractivity contribution >= 4 is 28.1 Å². The molecule has 0 radical (unpaired) electrons. The number of nitrogens with zero attached hydrogens (tertiary/aromatic N) is 1. The molecule has 1 aromatic carbocycles. The van der Waals surface area contributed by atoms with Crippen molar-refractivity contribution in [2.24, 2.45) is 5.84 Å². The first-order valence-electron chi connectivity index (χ1n) is 4.52. The van der Waals surface area contributed by atoms with Crippen molar-refractivity contribution in [3.63, 3.8) is 0 Å². The van der Waals surface area contributed by atoms with Crippen LogP contribution in [0.15, 0.2) is 18.2 Å². The van der Waals surface area contributed by atoms with Crippen LogP contribution < -0.4 is 11.3 Å². The Morgan fingerprint density at radius 2 is 2.25 bits per heavy atom. The molecule has 6 heteroatoms. The Labute approximate surface area is 101 Å². The largest absolute Gasteiger partial charge is 0.300 e. The Kier molecular flexibility index (Phi) is 3.09. The summed E-state index contributed by atoms with van der Waals surface area (Å²) in [6, 6.07) is 4.59. The molecule has 3 N–H and O–H groups in total. The number of nitrogen functional groups attached to an aromatic ring is 1. The Bertz CT molecular complexity index is 507. The Balaban J connectivity index is 2.62. The minimum Gasteiger partial charge on any atom is -0.300 e. The first kappa shape index (κ1) is 11.3. The second-order valence-corrected chi connectivity index (χ2v) is 4.58. The van der Waals surface area contributed by atoms with Gasteiger partial charge in [0.2, 0.25) is 0 Å². The number of anilines is 1. The quantitative estimate of drug-likeness (QED) is 0.642. The molecule has 0 bridgehead atoms. The van der Waals surface area contributed by atoms with Crippen molar-refractivity contribution in [1.82, 2.24) is 4.98 Å². The molecule has 0 aliphatic carbocycles. The van der Waals surface area contributed by atoms with Crippen molar-refractivity contribution < 1.29 is 4.39 Å². The molecule has 1 aromatic heterocycles. The third-order valence-electron chi connectivity index (χ3n) is 2.11. The van der Waals surface area contributed by atoms with E-state index in [-0.39, 0.29) is 5.82 Å². The summed E-state index contributed by atoms with van der Waals surface area (Å²) < 4.78 is 13.7. The molecule has 0 saturated heterocycles. The topological polar surface area (TPSA) is 50.9 Å². The smallest absolute Gasteiger partial charge is 0.197 e. The Morgan fingerprint density at radius 1 is 1.50 bits per heavy atom. The van der Waals surface area contributed by atoms with E-state index in [1.165, 1.54) is 17.4 Å². The molecule has 0 atom stereocenters. The van der Waals surface area contributed by atoms with E-state index in [0.29, 0.717) is 26.3 Å². The molecule has 3 nitrogen and oxygen atoms in total. The normalized spacial score (nSPS) is 10.5. The fraction of sp³-hybridized carbons (Fsp3) is 0.100. The lowest BCUT2D eigenvalue weighted by Crippen LogP contribution is -2.05. The van der Waals surface area contributed by atoms with Crippen LogP contribution in [0, 0.1) is 12.7 Å². The predicted octanol–water partition coefficient (Wildman–Crippen LogP) is 3.20. The van der Waals surface area contributed by atoms with E-state index in [1.54, 1.807) is 19.1 Å². The molecule has 0 unspecified atom stereocenters. The maximum absolute atomic E-state index is 13.7. The van der Waals surface area contributed by atoms with E-state index >= 15 is 0 Å². The molecule has 0 aliphatic rings. The highest BCUT2D eigenvalue weighted by Crippen LogP contribution is 2.38. The monoisotopic (exact) mass is 257 g/mol. The van der Waals surface area contributed by atoms with E-state index in [0.717, 1.165) is 0 Å². The van der Waals surface area contributed by atoms with Gasteiger partial charge in [-0.1, -0.05) is 29.0 Å². The molecule has 84 valence electrons. The van der Waals surface area contributed by atoms with Crippen LogP contribution in [0.1, 0.15) is 5.69 Å². The number of aryl methyl sites for hydroxylation is 1. The van der Waals surface area contributed by atoms with Gasteiger partial charge in [-0.2, -0.15) is 0 Å². The number of thiazole rings is 1. The average Bonchev–Trinajstić information content (AvgIpc) is 2.60. The number of aromatic nitrogens is 1. The highest BCUT2D eigenvalue weighted by Gasteiger charge is 2.16. The lowest BCUT2D eigenvalue weighted by Gasteiger charge is -2.03. The highest BCUT2D eigenvalue weighted by molar-refractivity contribution is 7.19. The van der Waals surface area contributed by atoms with Crippen LogP contribution in [-0.2, 0) is 0 Å². The number of rotatable bonds is 2. The van der Waals surface area contributed by atoms with Gasteiger partial charge in [0.25, 0.3) is 0 Å². The van der Waals surface area contributed by atoms with Gasteiger partial charge in [-0.3, -0.25) is 5.43 Å². The number of nitrogens with one attached hydrogen (secondary N) is 1. The van der Waals surface area contributed by atoms with Crippen molar-refractivity contribution in [1.29, 1.82) is 0 Å². The summed E-state index contributed by atoms with van der Waals surface area (Å²) in [5.41, 5.74) is 3.51. The van der Waals surface area contributed by atoms with Crippen LogP contribution >= 0.6 is 22.9 Å². The third-order valence-corrected chi connectivity index (χ3v) is 3.53. The van der Waals surface area contributed by atoms with E-state index < -0.39 is 0 Å². The summed E-state index contributed by atoms with van der Waals surface area (Å²) in [5, 5.41) is 0.905. The van der Waals surface area contributed by atoms with Gasteiger partial charge in [-0.25, -0.2) is 15.2 Å². The zero-order valence-electron chi connectivity index (χ0n) is 8.42. The molecule has 0 fully saturated rings.